The number of carbonyl (C=O) groups is 1. The maximum Gasteiger partial charge on any atom is 0.253 e. The quantitative estimate of drug-likeness (QED) is 0.700. The Morgan fingerprint density at radius 1 is 1.56 bits per heavy atom. The SMILES string of the molecule is COc1ccc(C(=O)NCc2cnc[nH]2)c(N)c1. The first kappa shape index (κ1) is 12.0. The van der Waals surface area contributed by atoms with Gasteiger partial charge in [0.05, 0.1) is 31.2 Å². The zero-order valence-corrected chi connectivity index (χ0v) is 9.93. The van der Waals surface area contributed by atoms with Gasteiger partial charge in [-0.05, 0) is 12.1 Å². The molecule has 0 aliphatic heterocycles. The average Bonchev–Trinajstić information content (AvgIpc) is 2.88. The standard InChI is InChI=1S/C12H14N4O2/c1-18-9-2-3-10(11(13)4-9)12(17)15-6-8-5-14-7-16-8/h2-5,7H,6,13H2,1H3,(H,14,16)(H,15,17). The molecule has 0 atom stereocenters. The topological polar surface area (TPSA) is 93.0 Å². The van der Waals surface area contributed by atoms with E-state index in [1.807, 2.05) is 0 Å². The summed E-state index contributed by atoms with van der Waals surface area (Å²) in [5, 5.41) is 2.75. The summed E-state index contributed by atoms with van der Waals surface area (Å²) in [5.74, 6) is 0.391. The molecule has 1 aromatic heterocycles. The van der Waals surface area contributed by atoms with Crippen LogP contribution in [0.5, 0.6) is 5.75 Å². The molecule has 6 heteroatoms. The van der Waals surface area contributed by atoms with Crippen LogP contribution in [-0.4, -0.2) is 23.0 Å². The summed E-state index contributed by atoms with van der Waals surface area (Å²) in [7, 11) is 1.55. The van der Waals surface area contributed by atoms with Crippen LogP contribution in [0.25, 0.3) is 0 Å². The second kappa shape index (κ2) is 5.22. The molecule has 0 aliphatic carbocycles. The van der Waals surface area contributed by atoms with Gasteiger partial charge in [0, 0.05) is 18.0 Å². The van der Waals surface area contributed by atoms with Gasteiger partial charge in [0.1, 0.15) is 5.75 Å². The number of hydrogen-bond donors (Lipinski definition) is 3. The van der Waals surface area contributed by atoms with Gasteiger partial charge in [-0.15, -0.1) is 0 Å². The van der Waals surface area contributed by atoms with Crippen molar-refractivity contribution in [1.29, 1.82) is 0 Å². The Morgan fingerprint density at radius 2 is 2.39 bits per heavy atom. The van der Waals surface area contributed by atoms with Crippen molar-refractivity contribution in [2.24, 2.45) is 0 Å². The third-order valence-corrected chi connectivity index (χ3v) is 2.50. The number of H-pyrrole nitrogens is 1. The van der Waals surface area contributed by atoms with Crippen LogP contribution >= 0.6 is 0 Å². The first-order chi connectivity index (χ1) is 8.70. The number of carbonyl (C=O) groups excluding carboxylic acids is 1. The van der Waals surface area contributed by atoms with Crippen molar-refractivity contribution in [1.82, 2.24) is 15.3 Å². The van der Waals surface area contributed by atoms with E-state index in [1.54, 1.807) is 37.8 Å². The summed E-state index contributed by atoms with van der Waals surface area (Å²) in [5.41, 5.74) is 7.43. The first-order valence-corrected chi connectivity index (χ1v) is 5.39. The van der Waals surface area contributed by atoms with E-state index in [2.05, 4.69) is 15.3 Å². The fourth-order valence-electron chi connectivity index (χ4n) is 1.53. The van der Waals surface area contributed by atoms with E-state index in [4.69, 9.17) is 10.5 Å². The van der Waals surface area contributed by atoms with E-state index >= 15 is 0 Å². The third-order valence-electron chi connectivity index (χ3n) is 2.50. The molecule has 4 N–H and O–H groups in total. The van der Waals surface area contributed by atoms with Gasteiger partial charge in [0.25, 0.3) is 5.91 Å². The summed E-state index contributed by atoms with van der Waals surface area (Å²) < 4.78 is 5.02. The van der Waals surface area contributed by atoms with Gasteiger partial charge in [0.15, 0.2) is 0 Å². The lowest BCUT2D eigenvalue weighted by atomic mass is 10.1. The highest BCUT2D eigenvalue weighted by molar-refractivity contribution is 5.99. The number of hydrogen-bond acceptors (Lipinski definition) is 4. The van der Waals surface area contributed by atoms with Gasteiger partial charge < -0.3 is 20.8 Å². The Bertz CT molecular complexity index is 537. The highest BCUT2D eigenvalue weighted by atomic mass is 16.5. The lowest BCUT2D eigenvalue weighted by Crippen LogP contribution is -2.23. The number of amides is 1. The Kier molecular flexibility index (Phi) is 3.47. The van der Waals surface area contributed by atoms with E-state index in [0.29, 0.717) is 23.5 Å². The van der Waals surface area contributed by atoms with E-state index in [1.165, 1.54) is 0 Å². The van der Waals surface area contributed by atoms with Crippen LogP contribution in [0, 0.1) is 0 Å². The second-order valence-corrected chi connectivity index (χ2v) is 3.71. The Balaban J connectivity index is 2.04. The molecule has 18 heavy (non-hydrogen) atoms. The molecule has 0 bridgehead atoms. The highest BCUT2D eigenvalue weighted by Gasteiger charge is 2.10. The molecule has 0 saturated carbocycles. The van der Waals surface area contributed by atoms with Crippen LogP contribution in [-0.2, 0) is 6.54 Å². The lowest BCUT2D eigenvalue weighted by molar-refractivity contribution is 0.0951. The normalized spacial score (nSPS) is 10.1. The summed E-state index contributed by atoms with van der Waals surface area (Å²) in [6.45, 7) is 0.379. The minimum Gasteiger partial charge on any atom is -0.497 e. The van der Waals surface area contributed by atoms with Gasteiger partial charge in [-0.2, -0.15) is 0 Å². The van der Waals surface area contributed by atoms with Crippen LogP contribution in [0.2, 0.25) is 0 Å². The maximum absolute atomic E-state index is 11.9. The molecule has 2 rings (SSSR count). The van der Waals surface area contributed by atoms with Gasteiger partial charge in [0.2, 0.25) is 0 Å². The lowest BCUT2D eigenvalue weighted by Gasteiger charge is -2.08. The third kappa shape index (κ3) is 2.60. The molecule has 6 nitrogen and oxygen atoms in total. The number of rotatable bonds is 4. The maximum atomic E-state index is 11.9. The molecule has 0 aliphatic rings. The number of ether oxygens (including phenoxy) is 1. The van der Waals surface area contributed by atoms with Crippen molar-refractivity contribution in [3.63, 3.8) is 0 Å². The molecule has 0 fully saturated rings. The highest BCUT2D eigenvalue weighted by Crippen LogP contribution is 2.19. The van der Waals surface area contributed by atoms with Gasteiger partial charge >= 0.3 is 0 Å². The molecule has 0 unspecified atom stereocenters. The summed E-state index contributed by atoms with van der Waals surface area (Å²) in [6.07, 6.45) is 3.21. The number of nitrogens with one attached hydrogen (secondary N) is 2. The van der Waals surface area contributed by atoms with Gasteiger partial charge in [-0.3, -0.25) is 4.79 Å². The van der Waals surface area contributed by atoms with E-state index in [9.17, 15) is 4.79 Å². The zero-order chi connectivity index (χ0) is 13.0. The average molecular weight is 246 g/mol. The molecule has 1 heterocycles. The Morgan fingerprint density at radius 3 is 3.00 bits per heavy atom. The second-order valence-electron chi connectivity index (χ2n) is 3.71. The van der Waals surface area contributed by atoms with Crippen molar-refractivity contribution >= 4 is 11.6 Å². The van der Waals surface area contributed by atoms with Crippen molar-refractivity contribution in [2.75, 3.05) is 12.8 Å². The fourth-order valence-corrected chi connectivity index (χ4v) is 1.53. The number of anilines is 1. The number of nitrogens with two attached hydrogens (primary N) is 1. The van der Waals surface area contributed by atoms with E-state index < -0.39 is 0 Å². The molecule has 1 amide bonds. The number of aromatic nitrogens is 2. The zero-order valence-electron chi connectivity index (χ0n) is 9.93. The molecular weight excluding hydrogens is 232 g/mol. The minimum absolute atomic E-state index is 0.232. The molecule has 0 radical (unpaired) electrons. The Labute approximate surface area is 104 Å². The Hall–Kier alpha value is -2.50. The minimum atomic E-state index is -0.232. The number of nitrogen functional groups attached to an aromatic ring is 1. The van der Waals surface area contributed by atoms with E-state index in [-0.39, 0.29) is 5.91 Å². The summed E-state index contributed by atoms with van der Waals surface area (Å²) in [6, 6.07) is 4.95. The predicted molar refractivity (Wildman–Crippen MR) is 67.2 cm³/mol. The molecule has 94 valence electrons. The molecule has 2 aromatic rings. The molecule has 1 aromatic carbocycles. The van der Waals surface area contributed by atoms with Crippen molar-refractivity contribution in [2.45, 2.75) is 6.54 Å². The van der Waals surface area contributed by atoms with E-state index in [0.717, 1.165) is 5.69 Å². The van der Waals surface area contributed by atoms with Crippen LogP contribution in [0.4, 0.5) is 5.69 Å². The van der Waals surface area contributed by atoms with Gasteiger partial charge in [-0.25, -0.2) is 4.98 Å². The number of nitrogens with zero attached hydrogens (tertiary/aromatic N) is 1. The molecule has 0 spiro atoms. The molecule has 0 saturated heterocycles. The molecular formula is C12H14N4O2. The fraction of sp³-hybridized carbons (Fsp3) is 0.167. The van der Waals surface area contributed by atoms with Crippen LogP contribution in [0.3, 0.4) is 0 Å². The van der Waals surface area contributed by atoms with Crippen LogP contribution < -0.4 is 15.8 Å². The van der Waals surface area contributed by atoms with Crippen molar-refractivity contribution in [3.05, 3.63) is 42.0 Å². The first-order valence-electron chi connectivity index (χ1n) is 5.39. The monoisotopic (exact) mass is 246 g/mol. The van der Waals surface area contributed by atoms with Crippen molar-refractivity contribution < 1.29 is 9.53 Å². The van der Waals surface area contributed by atoms with Crippen LogP contribution in [0.15, 0.2) is 30.7 Å². The van der Waals surface area contributed by atoms with Crippen molar-refractivity contribution in [3.8, 4) is 5.75 Å². The number of benzene rings is 1. The summed E-state index contributed by atoms with van der Waals surface area (Å²) in [4.78, 5) is 18.7. The van der Waals surface area contributed by atoms with Crippen LogP contribution in [0.1, 0.15) is 16.1 Å². The predicted octanol–water partition coefficient (Wildman–Crippen LogP) is 0.931. The number of imidazole rings is 1. The number of methoxy groups -OCH3 is 1. The smallest absolute Gasteiger partial charge is 0.253 e. The number of aromatic amines is 1. The van der Waals surface area contributed by atoms with Gasteiger partial charge in [-0.1, -0.05) is 0 Å². The largest absolute Gasteiger partial charge is 0.497 e. The summed E-state index contributed by atoms with van der Waals surface area (Å²) >= 11 is 0.